The second-order valence-corrected chi connectivity index (χ2v) is 5.62. The standard InChI is InChI=1S/C19H18N4O3/c1-13-7-5-6-10-15(13)17(24)20-11-12-21-18(25)19-22-16(23-26-19)14-8-3-2-4-9-14/h2-10H,11-12H2,1H3,(H,20,24)(H,21,25). The fourth-order valence-electron chi connectivity index (χ4n) is 2.37. The molecule has 7 heteroatoms. The van der Waals surface area contributed by atoms with E-state index >= 15 is 0 Å². The number of carbonyl (C=O) groups is 2. The Morgan fingerprint density at radius 2 is 1.58 bits per heavy atom. The second-order valence-electron chi connectivity index (χ2n) is 5.62. The van der Waals surface area contributed by atoms with Crippen molar-refractivity contribution in [2.45, 2.75) is 6.92 Å². The average molecular weight is 350 g/mol. The average Bonchev–Trinajstić information content (AvgIpc) is 3.16. The SMILES string of the molecule is Cc1ccccc1C(=O)NCCNC(=O)c1nc(-c2ccccc2)no1. The lowest BCUT2D eigenvalue weighted by molar-refractivity contribution is 0.0898. The minimum absolute atomic E-state index is 0.117. The van der Waals surface area contributed by atoms with E-state index in [1.807, 2.05) is 55.5 Å². The first-order chi connectivity index (χ1) is 12.6. The summed E-state index contributed by atoms with van der Waals surface area (Å²) in [5.74, 6) is -0.427. The van der Waals surface area contributed by atoms with Gasteiger partial charge in [-0.2, -0.15) is 4.98 Å². The molecule has 0 saturated heterocycles. The van der Waals surface area contributed by atoms with Gasteiger partial charge in [0.15, 0.2) is 0 Å². The van der Waals surface area contributed by atoms with Crippen LogP contribution in [0.1, 0.15) is 26.6 Å². The predicted molar refractivity (Wildman–Crippen MR) is 95.6 cm³/mol. The smallest absolute Gasteiger partial charge is 0.316 e. The van der Waals surface area contributed by atoms with Gasteiger partial charge < -0.3 is 15.2 Å². The number of nitrogens with one attached hydrogen (secondary N) is 2. The Morgan fingerprint density at radius 1 is 0.923 bits per heavy atom. The number of benzene rings is 2. The fraction of sp³-hybridized carbons (Fsp3) is 0.158. The zero-order valence-electron chi connectivity index (χ0n) is 14.2. The molecule has 132 valence electrons. The zero-order chi connectivity index (χ0) is 18.4. The molecule has 0 spiro atoms. The van der Waals surface area contributed by atoms with Crippen molar-refractivity contribution < 1.29 is 14.1 Å². The van der Waals surface area contributed by atoms with Gasteiger partial charge in [-0.25, -0.2) is 0 Å². The van der Waals surface area contributed by atoms with Gasteiger partial charge in [0.05, 0.1) is 0 Å². The summed E-state index contributed by atoms with van der Waals surface area (Å²) in [6.45, 7) is 2.41. The molecule has 0 bridgehead atoms. The number of amides is 2. The van der Waals surface area contributed by atoms with E-state index < -0.39 is 5.91 Å². The molecule has 0 fully saturated rings. The second kappa shape index (κ2) is 8.06. The molecule has 1 heterocycles. The van der Waals surface area contributed by atoms with Gasteiger partial charge in [0.1, 0.15) is 0 Å². The van der Waals surface area contributed by atoms with Crippen LogP contribution in [0, 0.1) is 6.92 Å². The Kier molecular flexibility index (Phi) is 5.38. The van der Waals surface area contributed by atoms with E-state index in [2.05, 4.69) is 20.8 Å². The first-order valence-electron chi connectivity index (χ1n) is 8.16. The van der Waals surface area contributed by atoms with E-state index in [1.165, 1.54) is 0 Å². The Morgan fingerprint density at radius 3 is 2.31 bits per heavy atom. The number of aryl methyl sites for hydroxylation is 1. The Labute approximate surface area is 150 Å². The number of aromatic nitrogens is 2. The molecular formula is C19H18N4O3. The molecule has 0 saturated carbocycles. The van der Waals surface area contributed by atoms with Crippen LogP contribution in [0.25, 0.3) is 11.4 Å². The summed E-state index contributed by atoms with van der Waals surface area (Å²) < 4.78 is 4.98. The van der Waals surface area contributed by atoms with Gasteiger partial charge in [0, 0.05) is 24.2 Å². The quantitative estimate of drug-likeness (QED) is 0.664. The summed E-state index contributed by atoms with van der Waals surface area (Å²) in [5, 5.41) is 9.19. The molecular weight excluding hydrogens is 332 g/mol. The van der Waals surface area contributed by atoms with Gasteiger partial charge in [0.25, 0.3) is 5.91 Å². The minimum Gasteiger partial charge on any atom is -0.350 e. The van der Waals surface area contributed by atoms with Crippen molar-refractivity contribution in [2.24, 2.45) is 0 Å². The molecule has 2 amide bonds. The van der Waals surface area contributed by atoms with Crippen LogP contribution in [-0.2, 0) is 0 Å². The summed E-state index contributed by atoms with van der Waals surface area (Å²) in [4.78, 5) is 28.2. The number of hydrogen-bond acceptors (Lipinski definition) is 5. The third kappa shape index (κ3) is 4.13. The minimum atomic E-state index is -0.482. The largest absolute Gasteiger partial charge is 0.350 e. The van der Waals surface area contributed by atoms with Crippen LogP contribution in [-0.4, -0.2) is 35.0 Å². The summed E-state index contributed by atoms with van der Waals surface area (Å²) in [6, 6.07) is 16.5. The van der Waals surface area contributed by atoms with Crippen LogP contribution in [0.2, 0.25) is 0 Å². The van der Waals surface area contributed by atoms with Crippen molar-refractivity contribution in [3.05, 3.63) is 71.6 Å². The van der Waals surface area contributed by atoms with E-state index in [9.17, 15) is 9.59 Å². The third-order valence-electron chi connectivity index (χ3n) is 3.74. The fourth-order valence-corrected chi connectivity index (χ4v) is 2.37. The van der Waals surface area contributed by atoms with E-state index in [-0.39, 0.29) is 18.3 Å². The molecule has 0 atom stereocenters. The summed E-state index contributed by atoms with van der Waals surface area (Å²) >= 11 is 0. The van der Waals surface area contributed by atoms with Crippen LogP contribution in [0.4, 0.5) is 0 Å². The van der Waals surface area contributed by atoms with Crippen LogP contribution in [0.5, 0.6) is 0 Å². The number of nitrogens with zero attached hydrogens (tertiary/aromatic N) is 2. The highest BCUT2D eigenvalue weighted by Gasteiger charge is 2.15. The van der Waals surface area contributed by atoms with Crippen molar-refractivity contribution in [1.82, 2.24) is 20.8 Å². The number of hydrogen-bond donors (Lipinski definition) is 2. The Bertz CT molecular complexity index is 906. The van der Waals surface area contributed by atoms with Crippen molar-refractivity contribution in [3.63, 3.8) is 0 Å². The topological polar surface area (TPSA) is 97.1 Å². The van der Waals surface area contributed by atoms with Gasteiger partial charge in [-0.05, 0) is 18.6 Å². The number of carbonyl (C=O) groups excluding carboxylic acids is 2. The van der Waals surface area contributed by atoms with Crippen LogP contribution >= 0.6 is 0 Å². The molecule has 0 radical (unpaired) electrons. The number of rotatable bonds is 6. The molecule has 2 N–H and O–H groups in total. The summed E-state index contributed by atoms with van der Waals surface area (Å²) in [6.07, 6.45) is 0. The molecule has 3 aromatic rings. The lowest BCUT2D eigenvalue weighted by Gasteiger charge is -2.07. The van der Waals surface area contributed by atoms with Gasteiger partial charge in [-0.1, -0.05) is 53.7 Å². The van der Waals surface area contributed by atoms with Crippen LogP contribution in [0.3, 0.4) is 0 Å². The highest BCUT2D eigenvalue weighted by Crippen LogP contribution is 2.14. The highest BCUT2D eigenvalue weighted by molar-refractivity contribution is 5.95. The highest BCUT2D eigenvalue weighted by atomic mass is 16.5. The normalized spacial score (nSPS) is 10.3. The summed E-state index contributed by atoms with van der Waals surface area (Å²) in [7, 11) is 0. The van der Waals surface area contributed by atoms with Gasteiger partial charge >= 0.3 is 11.8 Å². The van der Waals surface area contributed by atoms with Gasteiger partial charge in [-0.15, -0.1) is 0 Å². The van der Waals surface area contributed by atoms with E-state index in [0.717, 1.165) is 11.1 Å². The van der Waals surface area contributed by atoms with E-state index in [1.54, 1.807) is 6.07 Å². The maximum Gasteiger partial charge on any atom is 0.316 e. The Balaban J connectivity index is 1.48. The first kappa shape index (κ1) is 17.3. The molecule has 0 aliphatic heterocycles. The molecule has 0 aliphatic carbocycles. The maximum atomic E-state index is 12.1. The van der Waals surface area contributed by atoms with Crippen molar-refractivity contribution in [3.8, 4) is 11.4 Å². The lowest BCUT2D eigenvalue weighted by Crippen LogP contribution is -2.35. The first-order valence-corrected chi connectivity index (χ1v) is 8.16. The molecule has 0 aliphatic rings. The molecule has 1 aromatic heterocycles. The summed E-state index contributed by atoms with van der Waals surface area (Å²) in [5.41, 5.74) is 2.28. The van der Waals surface area contributed by atoms with Crippen LogP contribution < -0.4 is 10.6 Å². The van der Waals surface area contributed by atoms with Crippen LogP contribution in [0.15, 0.2) is 59.1 Å². The van der Waals surface area contributed by atoms with Crippen molar-refractivity contribution >= 4 is 11.8 Å². The molecule has 3 rings (SSSR count). The van der Waals surface area contributed by atoms with E-state index in [0.29, 0.717) is 17.9 Å². The predicted octanol–water partition coefficient (Wildman–Crippen LogP) is 2.20. The third-order valence-corrected chi connectivity index (χ3v) is 3.74. The maximum absolute atomic E-state index is 12.1. The zero-order valence-corrected chi connectivity index (χ0v) is 14.2. The van der Waals surface area contributed by atoms with Crippen molar-refractivity contribution in [2.75, 3.05) is 13.1 Å². The molecule has 2 aromatic carbocycles. The molecule has 0 unspecified atom stereocenters. The monoisotopic (exact) mass is 350 g/mol. The van der Waals surface area contributed by atoms with E-state index in [4.69, 9.17) is 4.52 Å². The molecule has 7 nitrogen and oxygen atoms in total. The lowest BCUT2D eigenvalue weighted by atomic mass is 10.1. The molecule has 26 heavy (non-hydrogen) atoms. The van der Waals surface area contributed by atoms with Crippen molar-refractivity contribution in [1.29, 1.82) is 0 Å². The van der Waals surface area contributed by atoms with Gasteiger partial charge in [-0.3, -0.25) is 9.59 Å². The Hall–Kier alpha value is -3.48. The van der Waals surface area contributed by atoms with Gasteiger partial charge in [0.2, 0.25) is 5.82 Å².